The molecule has 0 spiro atoms. The number of nitrogens with one attached hydrogen (secondary N) is 1. The molecule has 1 aromatic heterocycles. The van der Waals surface area contributed by atoms with Gasteiger partial charge in [-0.25, -0.2) is 0 Å². The fourth-order valence-corrected chi connectivity index (χ4v) is 2.45. The second-order valence-corrected chi connectivity index (χ2v) is 4.70. The molecule has 3 nitrogen and oxygen atoms in total. The van der Waals surface area contributed by atoms with Gasteiger partial charge in [-0.1, -0.05) is 12.1 Å². The van der Waals surface area contributed by atoms with Crippen molar-refractivity contribution in [1.29, 1.82) is 0 Å². The Balaban J connectivity index is 1.74. The van der Waals surface area contributed by atoms with Crippen LogP contribution in [0.5, 0.6) is 0 Å². The monoisotopic (exact) mass is 242 g/mol. The van der Waals surface area contributed by atoms with E-state index in [0.29, 0.717) is 0 Å². The SMILES string of the molecule is c1ccc(N2CCCC2)c(NCc2ccoc2)c1. The molecule has 18 heavy (non-hydrogen) atoms. The van der Waals surface area contributed by atoms with Crippen LogP contribution in [0.4, 0.5) is 11.4 Å². The molecule has 3 rings (SSSR count). The van der Waals surface area contributed by atoms with Gasteiger partial charge in [-0.3, -0.25) is 0 Å². The summed E-state index contributed by atoms with van der Waals surface area (Å²) in [6.45, 7) is 3.15. The molecule has 2 aromatic rings. The van der Waals surface area contributed by atoms with Crippen molar-refractivity contribution in [3.63, 3.8) is 0 Å². The van der Waals surface area contributed by atoms with Crippen LogP contribution in [0.15, 0.2) is 47.3 Å². The summed E-state index contributed by atoms with van der Waals surface area (Å²) < 4.78 is 5.08. The van der Waals surface area contributed by atoms with Gasteiger partial charge in [-0.15, -0.1) is 0 Å². The second kappa shape index (κ2) is 5.17. The van der Waals surface area contributed by atoms with E-state index in [1.807, 2.05) is 6.07 Å². The number of nitrogens with zero attached hydrogens (tertiary/aromatic N) is 1. The van der Waals surface area contributed by atoms with Crippen molar-refractivity contribution in [2.45, 2.75) is 19.4 Å². The first-order valence-corrected chi connectivity index (χ1v) is 6.52. The fourth-order valence-electron chi connectivity index (χ4n) is 2.45. The zero-order valence-corrected chi connectivity index (χ0v) is 10.4. The average Bonchev–Trinajstić information content (AvgIpc) is 3.10. The van der Waals surface area contributed by atoms with Crippen molar-refractivity contribution in [2.24, 2.45) is 0 Å². The average molecular weight is 242 g/mol. The Labute approximate surface area is 107 Å². The molecular formula is C15H18N2O. The molecule has 0 saturated carbocycles. The summed E-state index contributed by atoms with van der Waals surface area (Å²) in [4.78, 5) is 2.46. The number of benzene rings is 1. The van der Waals surface area contributed by atoms with E-state index < -0.39 is 0 Å². The quantitative estimate of drug-likeness (QED) is 0.889. The number of rotatable bonds is 4. The van der Waals surface area contributed by atoms with E-state index in [4.69, 9.17) is 4.42 Å². The van der Waals surface area contributed by atoms with E-state index >= 15 is 0 Å². The number of anilines is 2. The first-order valence-electron chi connectivity index (χ1n) is 6.52. The van der Waals surface area contributed by atoms with Crippen molar-refractivity contribution in [2.75, 3.05) is 23.3 Å². The molecule has 0 radical (unpaired) electrons. The molecule has 1 fully saturated rings. The van der Waals surface area contributed by atoms with Gasteiger partial charge in [0.05, 0.1) is 23.9 Å². The highest BCUT2D eigenvalue weighted by Crippen LogP contribution is 2.28. The molecule has 1 aliphatic heterocycles. The van der Waals surface area contributed by atoms with Crippen LogP contribution in [0.3, 0.4) is 0 Å². The van der Waals surface area contributed by atoms with Gasteiger partial charge in [-0.05, 0) is 31.0 Å². The van der Waals surface area contributed by atoms with Crippen LogP contribution in [-0.4, -0.2) is 13.1 Å². The molecule has 2 heterocycles. The van der Waals surface area contributed by atoms with Crippen LogP contribution in [-0.2, 0) is 6.54 Å². The summed E-state index contributed by atoms with van der Waals surface area (Å²) in [5.74, 6) is 0. The number of hydrogen-bond acceptors (Lipinski definition) is 3. The Hall–Kier alpha value is -1.90. The van der Waals surface area contributed by atoms with Crippen molar-refractivity contribution < 1.29 is 4.42 Å². The number of furan rings is 1. The van der Waals surface area contributed by atoms with Crippen molar-refractivity contribution >= 4 is 11.4 Å². The minimum atomic E-state index is 0.807. The van der Waals surface area contributed by atoms with Crippen molar-refractivity contribution in [3.05, 3.63) is 48.4 Å². The molecule has 94 valence electrons. The highest BCUT2D eigenvalue weighted by Gasteiger charge is 2.14. The third kappa shape index (κ3) is 2.35. The maximum Gasteiger partial charge on any atom is 0.0952 e. The van der Waals surface area contributed by atoms with Crippen LogP contribution in [0.1, 0.15) is 18.4 Å². The van der Waals surface area contributed by atoms with Crippen LogP contribution >= 0.6 is 0 Å². The Kier molecular flexibility index (Phi) is 3.22. The number of para-hydroxylation sites is 2. The largest absolute Gasteiger partial charge is 0.472 e. The summed E-state index contributed by atoms with van der Waals surface area (Å²) in [5.41, 5.74) is 3.70. The second-order valence-electron chi connectivity index (χ2n) is 4.70. The first-order chi connectivity index (χ1) is 8.93. The standard InChI is InChI=1S/C15H18N2O/c1-2-6-15(17-8-3-4-9-17)14(5-1)16-11-13-7-10-18-12-13/h1-2,5-7,10,12,16H,3-4,8-9,11H2. The zero-order chi connectivity index (χ0) is 12.2. The Bertz CT molecular complexity index is 487. The summed E-state index contributed by atoms with van der Waals surface area (Å²) in [5, 5.41) is 3.49. The van der Waals surface area contributed by atoms with Crippen LogP contribution in [0, 0.1) is 0 Å². The Morgan fingerprint density at radius 3 is 2.72 bits per heavy atom. The van der Waals surface area contributed by atoms with E-state index in [-0.39, 0.29) is 0 Å². The molecule has 0 aliphatic carbocycles. The highest BCUT2D eigenvalue weighted by atomic mass is 16.3. The van der Waals surface area contributed by atoms with E-state index in [0.717, 1.165) is 6.54 Å². The van der Waals surface area contributed by atoms with E-state index in [9.17, 15) is 0 Å². The minimum Gasteiger partial charge on any atom is -0.472 e. The molecule has 0 bridgehead atoms. The lowest BCUT2D eigenvalue weighted by molar-refractivity contribution is 0.564. The summed E-state index contributed by atoms with van der Waals surface area (Å²) >= 11 is 0. The third-order valence-electron chi connectivity index (χ3n) is 3.41. The number of hydrogen-bond donors (Lipinski definition) is 1. The van der Waals surface area contributed by atoms with E-state index in [1.54, 1.807) is 12.5 Å². The fraction of sp³-hybridized carbons (Fsp3) is 0.333. The van der Waals surface area contributed by atoms with Gasteiger partial charge in [0, 0.05) is 25.2 Å². The maximum atomic E-state index is 5.08. The molecule has 0 amide bonds. The van der Waals surface area contributed by atoms with E-state index in [2.05, 4.69) is 34.5 Å². The van der Waals surface area contributed by atoms with Crippen LogP contribution in [0.25, 0.3) is 0 Å². The topological polar surface area (TPSA) is 28.4 Å². The molecular weight excluding hydrogens is 224 g/mol. The Morgan fingerprint density at radius 1 is 1.11 bits per heavy atom. The molecule has 1 saturated heterocycles. The summed E-state index contributed by atoms with van der Waals surface area (Å²) in [7, 11) is 0. The van der Waals surface area contributed by atoms with Gasteiger partial charge in [0.15, 0.2) is 0 Å². The molecule has 1 aromatic carbocycles. The lowest BCUT2D eigenvalue weighted by Gasteiger charge is -2.21. The van der Waals surface area contributed by atoms with Gasteiger partial charge in [0.2, 0.25) is 0 Å². The van der Waals surface area contributed by atoms with Crippen LogP contribution < -0.4 is 10.2 Å². The van der Waals surface area contributed by atoms with Gasteiger partial charge in [0.25, 0.3) is 0 Å². The molecule has 3 heteroatoms. The predicted octanol–water partition coefficient (Wildman–Crippen LogP) is 3.49. The molecule has 0 unspecified atom stereocenters. The highest BCUT2D eigenvalue weighted by molar-refractivity contribution is 5.70. The first kappa shape index (κ1) is 11.2. The molecule has 1 aliphatic rings. The van der Waals surface area contributed by atoms with Crippen molar-refractivity contribution in [1.82, 2.24) is 0 Å². The molecule has 1 N–H and O–H groups in total. The maximum absolute atomic E-state index is 5.08. The smallest absolute Gasteiger partial charge is 0.0952 e. The lowest BCUT2D eigenvalue weighted by Crippen LogP contribution is -2.19. The predicted molar refractivity (Wildman–Crippen MR) is 73.9 cm³/mol. The minimum absolute atomic E-state index is 0.807. The third-order valence-corrected chi connectivity index (χ3v) is 3.41. The summed E-state index contributed by atoms with van der Waals surface area (Å²) in [6.07, 6.45) is 6.10. The van der Waals surface area contributed by atoms with Crippen LogP contribution in [0.2, 0.25) is 0 Å². The Morgan fingerprint density at radius 2 is 1.94 bits per heavy atom. The van der Waals surface area contributed by atoms with Gasteiger partial charge in [0.1, 0.15) is 0 Å². The molecule has 0 atom stereocenters. The van der Waals surface area contributed by atoms with Crippen molar-refractivity contribution in [3.8, 4) is 0 Å². The van der Waals surface area contributed by atoms with Gasteiger partial charge < -0.3 is 14.6 Å². The zero-order valence-electron chi connectivity index (χ0n) is 10.4. The summed E-state index contributed by atoms with van der Waals surface area (Å²) in [6, 6.07) is 10.5. The van der Waals surface area contributed by atoms with E-state index in [1.165, 1.54) is 42.9 Å². The van der Waals surface area contributed by atoms with Gasteiger partial charge >= 0.3 is 0 Å². The van der Waals surface area contributed by atoms with Gasteiger partial charge in [-0.2, -0.15) is 0 Å². The normalized spacial score (nSPS) is 15.0. The lowest BCUT2D eigenvalue weighted by atomic mass is 10.2.